The maximum absolute atomic E-state index is 11.7. The van der Waals surface area contributed by atoms with Gasteiger partial charge in [-0.1, -0.05) is 30.3 Å². The van der Waals surface area contributed by atoms with Crippen molar-refractivity contribution in [1.82, 2.24) is 9.97 Å². The second kappa shape index (κ2) is 8.62. The van der Waals surface area contributed by atoms with Crippen LogP contribution < -0.4 is 15.4 Å². The van der Waals surface area contributed by atoms with Gasteiger partial charge in [0.15, 0.2) is 0 Å². The van der Waals surface area contributed by atoms with E-state index < -0.39 is 10.0 Å². The van der Waals surface area contributed by atoms with Crippen molar-refractivity contribution in [2.75, 3.05) is 23.3 Å². The highest BCUT2D eigenvalue weighted by Gasteiger charge is 2.20. The third-order valence-electron chi connectivity index (χ3n) is 5.31. The summed E-state index contributed by atoms with van der Waals surface area (Å²) in [7, 11) is -3.78. The molecule has 0 atom stereocenters. The molecular formula is C22H25N5O3S. The van der Waals surface area contributed by atoms with Gasteiger partial charge in [-0.3, -0.25) is 0 Å². The van der Waals surface area contributed by atoms with Crippen LogP contribution in [0, 0.1) is 6.92 Å². The van der Waals surface area contributed by atoms with E-state index in [0.29, 0.717) is 43.1 Å². The van der Waals surface area contributed by atoms with Crippen molar-refractivity contribution in [3.05, 3.63) is 60.2 Å². The Bertz CT molecular complexity index is 1180. The molecule has 0 spiro atoms. The summed E-state index contributed by atoms with van der Waals surface area (Å²) in [6.45, 7) is 3.12. The number of anilines is 3. The Morgan fingerprint density at radius 3 is 2.42 bits per heavy atom. The second-order valence-electron chi connectivity index (χ2n) is 7.67. The Balaban J connectivity index is 1.69. The number of primary sulfonamides is 1. The molecule has 4 rings (SSSR count). The number of rotatable bonds is 5. The molecule has 1 saturated heterocycles. The average molecular weight is 440 g/mol. The minimum Gasteiger partial charge on any atom is -0.393 e. The lowest BCUT2D eigenvalue weighted by Crippen LogP contribution is -2.36. The summed E-state index contributed by atoms with van der Waals surface area (Å²) in [6, 6.07) is 16.6. The lowest BCUT2D eigenvalue weighted by atomic mass is 10.1. The lowest BCUT2D eigenvalue weighted by molar-refractivity contribution is 0.145. The van der Waals surface area contributed by atoms with Crippen molar-refractivity contribution in [3.63, 3.8) is 0 Å². The zero-order valence-corrected chi connectivity index (χ0v) is 18.0. The third-order valence-corrected chi connectivity index (χ3v) is 6.38. The molecule has 1 fully saturated rings. The first kappa shape index (κ1) is 21.2. The van der Waals surface area contributed by atoms with Crippen LogP contribution in [0.25, 0.3) is 11.3 Å². The van der Waals surface area contributed by atoms with Gasteiger partial charge in [-0.15, -0.1) is 0 Å². The van der Waals surface area contributed by atoms with E-state index >= 15 is 0 Å². The first-order valence-corrected chi connectivity index (χ1v) is 11.6. The Hall–Kier alpha value is -3.01. The number of nitrogens with one attached hydrogen (secondary N) is 1. The van der Waals surface area contributed by atoms with Crippen LogP contribution in [0.3, 0.4) is 0 Å². The zero-order chi connectivity index (χ0) is 22.0. The molecule has 1 aliphatic rings. The van der Waals surface area contributed by atoms with Gasteiger partial charge >= 0.3 is 0 Å². The number of hydrogen-bond donors (Lipinski definition) is 3. The number of piperidine rings is 1. The first-order chi connectivity index (χ1) is 14.8. The van der Waals surface area contributed by atoms with Gasteiger partial charge in [0.1, 0.15) is 5.82 Å². The molecular weight excluding hydrogens is 414 g/mol. The van der Waals surface area contributed by atoms with E-state index in [4.69, 9.17) is 5.14 Å². The fraction of sp³-hybridized carbons (Fsp3) is 0.273. The van der Waals surface area contributed by atoms with E-state index in [1.165, 1.54) is 6.07 Å². The summed E-state index contributed by atoms with van der Waals surface area (Å²) in [5.41, 5.74) is 2.94. The standard InChI is InChI=1S/C22H25N5O3S/c1-15-13-17(7-8-20(15)31(23,29)30)24-22-25-19(16-5-3-2-4-6-16)14-21(26-22)27-11-9-18(28)10-12-27/h2-8,13-14,18,28H,9-12H2,1H3,(H2,23,29,30)(H,24,25,26). The van der Waals surface area contributed by atoms with Crippen molar-refractivity contribution in [2.24, 2.45) is 5.14 Å². The molecule has 0 aliphatic carbocycles. The molecule has 0 unspecified atom stereocenters. The number of aromatic nitrogens is 2. The maximum Gasteiger partial charge on any atom is 0.238 e. The summed E-state index contributed by atoms with van der Waals surface area (Å²) in [5, 5.41) is 18.3. The predicted molar refractivity (Wildman–Crippen MR) is 121 cm³/mol. The summed E-state index contributed by atoms with van der Waals surface area (Å²) in [5.74, 6) is 1.19. The number of nitrogens with zero attached hydrogens (tertiary/aromatic N) is 3. The Morgan fingerprint density at radius 2 is 1.77 bits per heavy atom. The predicted octanol–water partition coefficient (Wildman–Crippen LogP) is 2.80. The molecule has 8 nitrogen and oxygen atoms in total. The van der Waals surface area contributed by atoms with Gasteiger partial charge in [0.2, 0.25) is 16.0 Å². The van der Waals surface area contributed by atoms with Crippen LogP contribution in [-0.2, 0) is 10.0 Å². The largest absolute Gasteiger partial charge is 0.393 e. The number of sulfonamides is 1. The van der Waals surface area contributed by atoms with Crippen molar-refractivity contribution in [3.8, 4) is 11.3 Å². The molecule has 1 aromatic heterocycles. The SMILES string of the molecule is Cc1cc(Nc2nc(-c3ccccc3)cc(N3CCC(O)CC3)n2)ccc1S(N)(=O)=O. The summed E-state index contributed by atoms with van der Waals surface area (Å²) >= 11 is 0. The summed E-state index contributed by atoms with van der Waals surface area (Å²) in [4.78, 5) is 11.6. The van der Waals surface area contributed by atoms with Gasteiger partial charge in [-0.05, 0) is 43.5 Å². The maximum atomic E-state index is 11.7. The molecule has 31 heavy (non-hydrogen) atoms. The van der Waals surface area contributed by atoms with Gasteiger partial charge in [-0.2, -0.15) is 4.98 Å². The Labute approximate surface area is 181 Å². The molecule has 0 bridgehead atoms. The molecule has 2 heterocycles. The van der Waals surface area contributed by atoms with E-state index in [0.717, 1.165) is 17.1 Å². The molecule has 2 aromatic carbocycles. The number of hydrogen-bond acceptors (Lipinski definition) is 7. The molecule has 0 saturated carbocycles. The minimum absolute atomic E-state index is 0.0876. The van der Waals surface area contributed by atoms with Gasteiger partial charge in [0.25, 0.3) is 0 Å². The molecule has 162 valence electrons. The number of aliphatic hydroxyl groups is 1. The van der Waals surface area contributed by atoms with Crippen LogP contribution in [0.1, 0.15) is 18.4 Å². The van der Waals surface area contributed by atoms with E-state index in [1.807, 2.05) is 36.4 Å². The smallest absolute Gasteiger partial charge is 0.238 e. The van der Waals surface area contributed by atoms with Crippen molar-refractivity contribution in [2.45, 2.75) is 30.8 Å². The molecule has 3 aromatic rings. The quantitative estimate of drug-likeness (QED) is 0.559. The van der Waals surface area contributed by atoms with Crippen LogP contribution in [0.15, 0.2) is 59.5 Å². The highest BCUT2D eigenvalue weighted by molar-refractivity contribution is 7.89. The van der Waals surface area contributed by atoms with Crippen molar-refractivity contribution < 1.29 is 13.5 Å². The van der Waals surface area contributed by atoms with Crippen LogP contribution in [0.5, 0.6) is 0 Å². The monoisotopic (exact) mass is 439 g/mol. The van der Waals surface area contributed by atoms with Crippen LogP contribution in [-0.4, -0.2) is 42.7 Å². The van der Waals surface area contributed by atoms with E-state index in [9.17, 15) is 13.5 Å². The molecule has 9 heteroatoms. The molecule has 0 radical (unpaired) electrons. The van der Waals surface area contributed by atoms with Crippen molar-refractivity contribution in [1.29, 1.82) is 0 Å². The number of aliphatic hydroxyl groups excluding tert-OH is 1. The highest BCUT2D eigenvalue weighted by Crippen LogP contribution is 2.27. The minimum atomic E-state index is -3.78. The number of benzene rings is 2. The van der Waals surface area contributed by atoms with E-state index in [-0.39, 0.29) is 11.0 Å². The normalized spacial score (nSPS) is 15.1. The fourth-order valence-electron chi connectivity index (χ4n) is 3.68. The number of nitrogens with two attached hydrogens (primary N) is 1. The van der Waals surface area contributed by atoms with Crippen LogP contribution in [0.4, 0.5) is 17.5 Å². The van der Waals surface area contributed by atoms with Gasteiger partial charge < -0.3 is 15.3 Å². The molecule has 0 amide bonds. The number of aryl methyl sites for hydroxylation is 1. The average Bonchev–Trinajstić information content (AvgIpc) is 2.74. The van der Waals surface area contributed by atoms with Gasteiger partial charge in [0.05, 0.1) is 16.7 Å². The van der Waals surface area contributed by atoms with Crippen LogP contribution >= 0.6 is 0 Å². The topological polar surface area (TPSA) is 121 Å². The van der Waals surface area contributed by atoms with Crippen molar-refractivity contribution >= 4 is 27.5 Å². The highest BCUT2D eigenvalue weighted by atomic mass is 32.2. The zero-order valence-electron chi connectivity index (χ0n) is 17.2. The Kier molecular flexibility index (Phi) is 5.90. The van der Waals surface area contributed by atoms with E-state index in [2.05, 4.69) is 20.2 Å². The van der Waals surface area contributed by atoms with E-state index in [1.54, 1.807) is 19.1 Å². The first-order valence-electron chi connectivity index (χ1n) is 10.1. The summed E-state index contributed by atoms with van der Waals surface area (Å²) in [6.07, 6.45) is 1.12. The Morgan fingerprint density at radius 1 is 1.06 bits per heavy atom. The van der Waals surface area contributed by atoms with Gasteiger partial charge in [0, 0.05) is 30.4 Å². The van der Waals surface area contributed by atoms with Crippen LogP contribution in [0.2, 0.25) is 0 Å². The molecule has 1 aliphatic heterocycles. The lowest BCUT2D eigenvalue weighted by Gasteiger charge is -2.30. The third kappa shape index (κ3) is 5.01. The molecule has 4 N–H and O–H groups in total. The second-order valence-corrected chi connectivity index (χ2v) is 9.20. The fourth-order valence-corrected chi connectivity index (χ4v) is 4.45. The summed E-state index contributed by atoms with van der Waals surface area (Å²) < 4.78 is 23.4. The van der Waals surface area contributed by atoms with Gasteiger partial charge in [-0.25, -0.2) is 18.5 Å².